The summed E-state index contributed by atoms with van der Waals surface area (Å²) < 4.78 is 15.5. The predicted molar refractivity (Wildman–Crippen MR) is 120 cm³/mol. The Bertz CT molecular complexity index is 1040. The van der Waals surface area contributed by atoms with Gasteiger partial charge in [-0.3, -0.25) is 0 Å². The largest absolute Gasteiger partial charge is 0.404 e. The average Bonchev–Trinajstić information content (AvgIpc) is 2.75. The number of carbonyl (C=O) groups is 1. The fourth-order valence-corrected chi connectivity index (χ4v) is 5.17. The number of carbonyl (C=O) groups excluding carboxylic acids is 1. The maximum atomic E-state index is 13.2. The van der Waals surface area contributed by atoms with Crippen molar-refractivity contribution in [3.63, 3.8) is 0 Å². The molecule has 2 aromatic carbocycles. The summed E-state index contributed by atoms with van der Waals surface area (Å²) in [5.74, 6) is -0.297. The molecular weight excluding hydrogens is 397 g/mol. The summed E-state index contributed by atoms with van der Waals surface area (Å²) in [4.78, 5) is 18.1. The van der Waals surface area contributed by atoms with Crippen LogP contribution in [0.3, 0.4) is 0 Å². The average molecular weight is 422 g/mol. The highest BCUT2D eigenvalue weighted by Crippen LogP contribution is 2.45. The van der Waals surface area contributed by atoms with Gasteiger partial charge < -0.3 is 10.5 Å². The first kappa shape index (κ1) is 20.6. The number of allylic oxidation sites excluding steroid dienone is 2. The lowest BCUT2D eigenvalue weighted by Gasteiger charge is -2.43. The number of rotatable bonds is 4. The number of hydrogen-bond donors (Lipinski definition) is 1. The minimum atomic E-state index is -0.595. The van der Waals surface area contributed by atoms with Gasteiger partial charge in [0.05, 0.1) is 16.8 Å². The first-order chi connectivity index (χ1) is 14.5. The molecule has 154 valence electrons. The molecule has 30 heavy (non-hydrogen) atoms. The van der Waals surface area contributed by atoms with Gasteiger partial charge in [-0.05, 0) is 91.5 Å². The van der Waals surface area contributed by atoms with E-state index in [0.29, 0.717) is 18.7 Å². The molecule has 2 N–H and O–H groups in total. The Morgan fingerprint density at radius 2 is 2.03 bits per heavy atom. The van der Waals surface area contributed by atoms with Crippen LogP contribution in [0, 0.1) is 18.2 Å². The van der Waals surface area contributed by atoms with Crippen LogP contribution >= 0.6 is 11.9 Å². The Kier molecular flexibility index (Phi) is 5.88. The fraction of sp³-hybridized carbons (Fsp3) is 0.250. The Hall–Kier alpha value is -2.70. The number of aldehydes is 1. The number of nitrogens with zero attached hydrogens (tertiary/aromatic N) is 2. The fourth-order valence-electron chi connectivity index (χ4n) is 4.02. The Morgan fingerprint density at radius 3 is 2.73 bits per heavy atom. The van der Waals surface area contributed by atoms with Crippen LogP contribution in [-0.2, 0) is 4.79 Å². The molecule has 6 heteroatoms. The van der Waals surface area contributed by atoms with E-state index in [0.717, 1.165) is 36.1 Å². The Labute approximate surface area is 180 Å². The van der Waals surface area contributed by atoms with Crippen LogP contribution in [0.25, 0.3) is 0 Å². The molecule has 2 aromatic rings. The molecule has 1 fully saturated rings. The molecule has 1 aliphatic carbocycles. The van der Waals surface area contributed by atoms with E-state index in [2.05, 4.69) is 40.5 Å². The van der Waals surface area contributed by atoms with Crippen LogP contribution < -0.4 is 5.73 Å². The Morgan fingerprint density at radius 1 is 1.23 bits per heavy atom. The quantitative estimate of drug-likeness (QED) is 0.559. The third kappa shape index (κ3) is 4.25. The number of nitrogens with two attached hydrogens (primary N) is 1. The normalized spacial score (nSPS) is 24.5. The van der Waals surface area contributed by atoms with Gasteiger partial charge in [0.1, 0.15) is 12.1 Å². The topological polar surface area (TPSA) is 58.7 Å². The molecule has 0 radical (unpaired) electrons. The molecule has 1 unspecified atom stereocenters. The zero-order valence-corrected chi connectivity index (χ0v) is 17.7. The van der Waals surface area contributed by atoms with Crippen LogP contribution in [0.1, 0.15) is 18.4 Å². The van der Waals surface area contributed by atoms with Crippen molar-refractivity contribution in [2.45, 2.75) is 24.7 Å². The van der Waals surface area contributed by atoms with Gasteiger partial charge in [0.2, 0.25) is 0 Å². The third-order valence-corrected chi connectivity index (χ3v) is 6.64. The molecule has 4 rings (SSSR count). The summed E-state index contributed by atoms with van der Waals surface area (Å²) in [6.45, 7) is 3.56. The van der Waals surface area contributed by atoms with Crippen LogP contribution in [0.4, 0.5) is 10.1 Å². The third-order valence-electron chi connectivity index (χ3n) is 5.60. The van der Waals surface area contributed by atoms with Gasteiger partial charge in [-0.15, -0.1) is 0 Å². The van der Waals surface area contributed by atoms with Crippen molar-refractivity contribution in [2.75, 3.05) is 13.1 Å². The van der Waals surface area contributed by atoms with E-state index in [1.54, 1.807) is 24.1 Å². The second-order valence-electron chi connectivity index (χ2n) is 7.81. The van der Waals surface area contributed by atoms with E-state index >= 15 is 0 Å². The molecule has 1 saturated heterocycles. The molecule has 2 aliphatic rings. The van der Waals surface area contributed by atoms with Crippen molar-refractivity contribution >= 4 is 29.6 Å². The molecule has 0 bridgehead atoms. The van der Waals surface area contributed by atoms with Gasteiger partial charge in [0, 0.05) is 18.0 Å². The zero-order valence-electron chi connectivity index (χ0n) is 16.8. The van der Waals surface area contributed by atoms with Crippen molar-refractivity contribution in [1.29, 1.82) is 0 Å². The van der Waals surface area contributed by atoms with E-state index in [1.165, 1.54) is 28.8 Å². The molecule has 0 amide bonds. The van der Waals surface area contributed by atoms with Crippen molar-refractivity contribution in [1.82, 2.24) is 4.31 Å². The second-order valence-corrected chi connectivity index (χ2v) is 8.98. The lowest BCUT2D eigenvalue weighted by atomic mass is 9.68. The molecular formula is C24H24FN3OS. The van der Waals surface area contributed by atoms with E-state index < -0.39 is 5.41 Å². The summed E-state index contributed by atoms with van der Waals surface area (Å²) in [6, 6.07) is 14.4. The Balaban J connectivity index is 1.61. The van der Waals surface area contributed by atoms with Gasteiger partial charge in [-0.25, -0.2) is 13.7 Å². The highest BCUT2D eigenvalue weighted by atomic mass is 32.2. The van der Waals surface area contributed by atoms with Gasteiger partial charge in [-0.1, -0.05) is 17.7 Å². The minimum absolute atomic E-state index is 0.297. The van der Waals surface area contributed by atoms with Crippen molar-refractivity contribution in [2.24, 2.45) is 16.1 Å². The van der Waals surface area contributed by atoms with E-state index in [-0.39, 0.29) is 5.82 Å². The maximum Gasteiger partial charge on any atom is 0.131 e. The maximum absolute atomic E-state index is 13.2. The molecule has 1 atom stereocenters. The first-order valence-corrected chi connectivity index (χ1v) is 10.7. The van der Waals surface area contributed by atoms with Crippen LogP contribution in [0.2, 0.25) is 0 Å². The summed E-state index contributed by atoms with van der Waals surface area (Å²) in [5.41, 5.74) is 9.86. The van der Waals surface area contributed by atoms with E-state index in [4.69, 9.17) is 5.73 Å². The van der Waals surface area contributed by atoms with E-state index in [1.807, 2.05) is 6.08 Å². The van der Waals surface area contributed by atoms with Gasteiger partial charge in [0.25, 0.3) is 0 Å². The SMILES string of the molecule is Cc1cccc(SN2CCC3=CC(=Nc4ccc(F)cc4)C(=CN)CC3(C=O)C2)c1. The van der Waals surface area contributed by atoms with Gasteiger partial charge in [0.15, 0.2) is 0 Å². The predicted octanol–water partition coefficient (Wildman–Crippen LogP) is 4.98. The summed E-state index contributed by atoms with van der Waals surface area (Å²) in [6.07, 6.45) is 5.91. The number of piperidine rings is 1. The second kappa shape index (κ2) is 8.58. The lowest BCUT2D eigenvalue weighted by molar-refractivity contribution is -0.115. The van der Waals surface area contributed by atoms with E-state index in [9.17, 15) is 9.18 Å². The monoisotopic (exact) mass is 421 g/mol. The van der Waals surface area contributed by atoms with Crippen molar-refractivity contribution in [3.05, 3.63) is 83.3 Å². The standard InChI is InChI=1S/C24H24FN3OS/c1-17-3-2-4-22(11-17)30-28-10-9-19-12-23(27-21-7-5-20(25)6-8-21)18(14-26)13-24(19,15-28)16-29/h2-8,11-12,14,16H,9-10,13,15,26H2,1H3. The number of fused-ring (bicyclic) bond motifs is 1. The lowest BCUT2D eigenvalue weighted by Crippen LogP contribution is -2.45. The van der Waals surface area contributed by atoms with Crippen molar-refractivity contribution < 1.29 is 9.18 Å². The molecule has 0 aromatic heterocycles. The number of benzene rings is 2. The summed E-state index contributed by atoms with van der Waals surface area (Å²) in [7, 11) is 0. The zero-order chi connectivity index (χ0) is 21.1. The van der Waals surface area contributed by atoms with Crippen LogP contribution in [0.15, 0.2) is 81.8 Å². The van der Waals surface area contributed by atoms with Crippen molar-refractivity contribution in [3.8, 4) is 0 Å². The molecule has 0 saturated carbocycles. The number of aliphatic imine (C=N–C) groups is 1. The number of halogens is 1. The first-order valence-electron chi connectivity index (χ1n) is 9.94. The minimum Gasteiger partial charge on any atom is -0.404 e. The number of hydrogen-bond acceptors (Lipinski definition) is 5. The molecule has 1 heterocycles. The van der Waals surface area contributed by atoms with Crippen LogP contribution in [-0.4, -0.2) is 29.4 Å². The molecule has 4 nitrogen and oxygen atoms in total. The summed E-state index contributed by atoms with van der Waals surface area (Å²) >= 11 is 1.69. The van der Waals surface area contributed by atoms with Gasteiger partial charge in [-0.2, -0.15) is 0 Å². The summed E-state index contributed by atoms with van der Waals surface area (Å²) in [5, 5.41) is 0. The van der Waals surface area contributed by atoms with Crippen LogP contribution in [0.5, 0.6) is 0 Å². The molecule has 1 aliphatic heterocycles. The highest BCUT2D eigenvalue weighted by molar-refractivity contribution is 7.97. The number of aryl methyl sites for hydroxylation is 1. The smallest absolute Gasteiger partial charge is 0.131 e. The highest BCUT2D eigenvalue weighted by Gasteiger charge is 2.43. The molecule has 0 spiro atoms. The van der Waals surface area contributed by atoms with Gasteiger partial charge >= 0.3 is 0 Å².